The maximum atomic E-state index is 12.4. The van der Waals surface area contributed by atoms with Crippen molar-refractivity contribution in [1.29, 1.82) is 0 Å². The van der Waals surface area contributed by atoms with Gasteiger partial charge in [-0.1, -0.05) is 54.6 Å². The fourth-order valence-electron chi connectivity index (χ4n) is 3.19. The summed E-state index contributed by atoms with van der Waals surface area (Å²) < 4.78 is 16.6. The van der Waals surface area contributed by atoms with Gasteiger partial charge in [0.05, 0.1) is 11.1 Å². The Kier molecular flexibility index (Phi) is 7.20. The molecule has 0 unspecified atom stereocenters. The molecular weight excluding hydrogens is 432 g/mol. The van der Waals surface area contributed by atoms with E-state index in [4.69, 9.17) is 14.2 Å². The van der Waals surface area contributed by atoms with Gasteiger partial charge in [-0.15, -0.1) is 0 Å². The Hall–Kier alpha value is -4.58. The minimum absolute atomic E-state index is 0.00368. The highest BCUT2D eigenvalue weighted by molar-refractivity contribution is 5.90. The maximum Gasteiger partial charge on any atom is 0.338 e. The summed E-state index contributed by atoms with van der Waals surface area (Å²) in [4.78, 5) is 24.6. The molecule has 0 spiro atoms. The van der Waals surface area contributed by atoms with Crippen molar-refractivity contribution in [3.63, 3.8) is 0 Å². The van der Waals surface area contributed by atoms with Crippen molar-refractivity contribution in [2.45, 2.75) is 13.2 Å². The molecule has 4 aromatic carbocycles. The lowest BCUT2D eigenvalue weighted by Crippen LogP contribution is -2.05. The second kappa shape index (κ2) is 10.8. The van der Waals surface area contributed by atoms with Crippen LogP contribution in [-0.4, -0.2) is 17.0 Å². The molecule has 4 aromatic rings. The van der Waals surface area contributed by atoms with Crippen LogP contribution in [0.4, 0.5) is 0 Å². The second-order valence-electron chi connectivity index (χ2n) is 7.47. The lowest BCUT2D eigenvalue weighted by Gasteiger charge is -2.10. The third-order valence-corrected chi connectivity index (χ3v) is 4.87. The molecule has 0 bridgehead atoms. The number of carbonyl (C=O) groups excluding carboxylic acids is 2. The van der Waals surface area contributed by atoms with Crippen LogP contribution in [0, 0.1) is 0 Å². The molecule has 0 atom stereocenters. The SMILES string of the molecule is O=C(OCc1cccc(Oc2cccc(C(=O)OCc3ccccc3)c2)c1)c1cccc(O)c1. The number of hydrogen-bond donors (Lipinski definition) is 1. The van der Waals surface area contributed by atoms with E-state index in [-0.39, 0.29) is 24.5 Å². The second-order valence-corrected chi connectivity index (χ2v) is 7.47. The number of esters is 2. The van der Waals surface area contributed by atoms with Crippen molar-refractivity contribution in [1.82, 2.24) is 0 Å². The zero-order chi connectivity index (χ0) is 23.8. The number of phenolic OH excluding ortho intramolecular Hbond substituents is 1. The minimum atomic E-state index is -0.538. The minimum Gasteiger partial charge on any atom is -0.508 e. The average Bonchev–Trinajstić information content (AvgIpc) is 2.87. The van der Waals surface area contributed by atoms with Gasteiger partial charge in [-0.2, -0.15) is 0 Å². The first-order chi connectivity index (χ1) is 16.6. The Morgan fingerprint density at radius 3 is 1.85 bits per heavy atom. The van der Waals surface area contributed by atoms with Crippen LogP contribution < -0.4 is 4.74 Å². The Morgan fingerprint density at radius 1 is 0.588 bits per heavy atom. The van der Waals surface area contributed by atoms with Gasteiger partial charge in [0.2, 0.25) is 0 Å². The van der Waals surface area contributed by atoms with Gasteiger partial charge >= 0.3 is 11.9 Å². The molecule has 0 fully saturated rings. The third-order valence-electron chi connectivity index (χ3n) is 4.87. The van der Waals surface area contributed by atoms with Crippen molar-refractivity contribution in [3.8, 4) is 17.2 Å². The molecule has 0 saturated heterocycles. The summed E-state index contributed by atoms with van der Waals surface area (Å²) in [5.74, 6) is 0.0191. The number of ether oxygens (including phenoxy) is 3. The van der Waals surface area contributed by atoms with Crippen molar-refractivity contribution < 1.29 is 28.9 Å². The van der Waals surface area contributed by atoms with E-state index < -0.39 is 11.9 Å². The predicted octanol–water partition coefficient (Wildman–Crippen LogP) is 5.90. The van der Waals surface area contributed by atoms with Crippen molar-refractivity contribution in [2.75, 3.05) is 0 Å². The molecule has 0 aliphatic rings. The summed E-state index contributed by atoms with van der Waals surface area (Å²) in [6.07, 6.45) is 0. The zero-order valence-corrected chi connectivity index (χ0v) is 18.2. The average molecular weight is 454 g/mol. The number of aromatic hydroxyl groups is 1. The first kappa shape index (κ1) is 22.6. The topological polar surface area (TPSA) is 82.1 Å². The number of benzene rings is 4. The molecule has 0 amide bonds. The zero-order valence-electron chi connectivity index (χ0n) is 18.2. The molecule has 1 N–H and O–H groups in total. The van der Waals surface area contributed by atoms with Crippen LogP contribution in [0.25, 0.3) is 0 Å². The van der Waals surface area contributed by atoms with Crippen LogP contribution in [-0.2, 0) is 22.7 Å². The third kappa shape index (κ3) is 6.23. The van der Waals surface area contributed by atoms with Crippen LogP contribution in [0.5, 0.6) is 17.2 Å². The molecule has 0 aliphatic carbocycles. The fourth-order valence-corrected chi connectivity index (χ4v) is 3.19. The molecule has 0 aromatic heterocycles. The van der Waals surface area contributed by atoms with E-state index in [2.05, 4.69) is 0 Å². The molecule has 4 rings (SSSR count). The predicted molar refractivity (Wildman–Crippen MR) is 126 cm³/mol. The van der Waals surface area contributed by atoms with Crippen LogP contribution in [0.15, 0.2) is 103 Å². The van der Waals surface area contributed by atoms with Crippen molar-refractivity contribution in [3.05, 3.63) is 125 Å². The van der Waals surface area contributed by atoms with Gasteiger partial charge in [0, 0.05) is 0 Å². The van der Waals surface area contributed by atoms with Gasteiger partial charge in [0.15, 0.2) is 0 Å². The summed E-state index contributed by atoms with van der Waals surface area (Å²) >= 11 is 0. The van der Waals surface area contributed by atoms with Crippen LogP contribution in [0.2, 0.25) is 0 Å². The number of hydrogen-bond acceptors (Lipinski definition) is 6. The molecule has 170 valence electrons. The fraction of sp³-hybridized carbons (Fsp3) is 0.0714. The van der Waals surface area contributed by atoms with Gasteiger partial charge in [0.1, 0.15) is 30.5 Å². The summed E-state index contributed by atoms with van der Waals surface area (Å²) in [6, 6.07) is 29.3. The smallest absolute Gasteiger partial charge is 0.338 e. The van der Waals surface area contributed by atoms with E-state index in [0.717, 1.165) is 11.1 Å². The highest BCUT2D eigenvalue weighted by Crippen LogP contribution is 2.24. The summed E-state index contributed by atoms with van der Waals surface area (Å²) in [7, 11) is 0. The van der Waals surface area contributed by atoms with E-state index in [1.54, 1.807) is 60.7 Å². The molecule has 34 heavy (non-hydrogen) atoms. The molecule has 0 aliphatic heterocycles. The lowest BCUT2D eigenvalue weighted by atomic mass is 10.2. The van der Waals surface area contributed by atoms with E-state index in [1.807, 2.05) is 30.3 Å². The normalized spacial score (nSPS) is 10.4. The molecule has 0 radical (unpaired) electrons. The van der Waals surface area contributed by atoms with Gasteiger partial charge < -0.3 is 19.3 Å². The van der Waals surface area contributed by atoms with Gasteiger partial charge in [-0.3, -0.25) is 0 Å². The summed E-state index contributed by atoms with van der Waals surface area (Å²) in [5.41, 5.74) is 2.28. The Balaban J connectivity index is 1.36. The van der Waals surface area contributed by atoms with Crippen LogP contribution >= 0.6 is 0 Å². The molecule has 6 heteroatoms. The molecule has 0 heterocycles. The summed E-state index contributed by atoms with van der Waals surface area (Å²) in [6.45, 7) is 0.228. The van der Waals surface area contributed by atoms with E-state index >= 15 is 0 Å². The highest BCUT2D eigenvalue weighted by Gasteiger charge is 2.11. The molecule has 0 saturated carbocycles. The van der Waals surface area contributed by atoms with Gasteiger partial charge in [-0.05, 0) is 59.7 Å². The molecule has 6 nitrogen and oxygen atoms in total. The van der Waals surface area contributed by atoms with E-state index in [1.165, 1.54) is 12.1 Å². The quantitative estimate of drug-likeness (QED) is 0.334. The maximum absolute atomic E-state index is 12.4. The standard InChI is InChI=1S/C28H22O6/c29-24-12-5-10-22(16-24)27(30)33-19-21-9-4-13-25(15-21)34-26-14-6-11-23(17-26)28(31)32-18-20-7-2-1-3-8-20/h1-17,29H,18-19H2. The number of phenols is 1. The Morgan fingerprint density at radius 2 is 1.15 bits per heavy atom. The monoisotopic (exact) mass is 454 g/mol. The van der Waals surface area contributed by atoms with Gasteiger partial charge in [0.25, 0.3) is 0 Å². The largest absolute Gasteiger partial charge is 0.508 e. The van der Waals surface area contributed by atoms with Crippen molar-refractivity contribution >= 4 is 11.9 Å². The Bertz CT molecular complexity index is 1280. The first-order valence-corrected chi connectivity index (χ1v) is 10.6. The number of carbonyl (C=O) groups is 2. The summed E-state index contributed by atoms with van der Waals surface area (Å²) in [5, 5.41) is 9.51. The number of rotatable bonds is 8. The van der Waals surface area contributed by atoms with Crippen LogP contribution in [0.3, 0.4) is 0 Å². The van der Waals surface area contributed by atoms with Crippen molar-refractivity contribution in [2.24, 2.45) is 0 Å². The molecular formula is C28H22O6. The highest BCUT2D eigenvalue weighted by atomic mass is 16.5. The first-order valence-electron chi connectivity index (χ1n) is 10.6. The van der Waals surface area contributed by atoms with E-state index in [0.29, 0.717) is 17.1 Å². The van der Waals surface area contributed by atoms with E-state index in [9.17, 15) is 14.7 Å². The van der Waals surface area contributed by atoms with Crippen LogP contribution in [0.1, 0.15) is 31.8 Å². The van der Waals surface area contributed by atoms with Gasteiger partial charge in [-0.25, -0.2) is 9.59 Å². The Labute approximate surface area is 197 Å². The lowest BCUT2D eigenvalue weighted by molar-refractivity contribution is 0.0464.